The van der Waals surface area contributed by atoms with Gasteiger partial charge in [-0.2, -0.15) is 0 Å². The van der Waals surface area contributed by atoms with E-state index in [4.69, 9.17) is 4.74 Å². The molecule has 0 radical (unpaired) electrons. The minimum absolute atomic E-state index is 0.101. The van der Waals surface area contributed by atoms with Crippen LogP contribution < -0.4 is 10.6 Å². The highest BCUT2D eigenvalue weighted by atomic mass is 16.5. The molecular formula is C24H24N2O4. The molecule has 0 bridgehead atoms. The van der Waals surface area contributed by atoms with Crippen molar-refractivity contribution in [2.45, 2.75) is 25.0 Å². The summed E-state index contributed by atoms with van der Waals surface area (Å²) in [5.74, 6) is -0.554. The highest BCUT2D eigenvalue weighted by molar-refractivity contribution is 6.04. The molecule has 4 rings (SSSR count). The van der Waals surface area contributed by atoms with E-state index in [-0.39, 0.29) is 23.7 Å². The van der Waals surface area contributed by atoms with E-state index in [1.165, 1.54) is 12.1 Å². The SMILES string of the molecule is O=C(N[C@@H]1CNCCC[C@H]1OC(=O)c1cccc2ccccc12)c1ccc(O)cc1. The molecule has 0 aliphatic carbocycles. The van der Waals surface area contributed by atoms with Gasteiger partial charge in [-0.1, -0.05) is 36.4 Å². The van der Waals surface area contributed by atoms with Crippen LogP contribution in [0.5, 0.6) is 5.75 Å². The molecule has 3 aromatic rings. The number of carbonyl (C=O) groups excluding carboxylic acids is 2. The van der Waals surface area contributed by atoms with Crippen LogP contribution in [0.3, 0.4) is 0 Å². The van der Waals surface area contributed by atoms with Crippen molar-refractivity contribution in [1.82, 2.24) is 10.6 Å². The number of phenolic OH excluding ortho intramolecular Hbond substituents is 1. The van der Waals surface area contributed by atoms with Crippen molar-refractivity contribution in [2.75, 3.05) is 13.1 Å². The fourth-order valence-electron chi connectivity index (χ4n) is 3.77. The zero-order valence-corrected chi connectivity index (χ0v) is 16.5. The van der Waals surface area contributed by atoms with E-state index in [9.17, 15) is 14.7 Å². The van der Waals surface area contributed by atoms with Crippen LogP contribution in [0.15, 0.2) is 66.7 Å². The lowest BCUT2D eigenvalue weighted by Crippen LogP contribution is -2.49. The Balaban J connectivity index is 1.52. The summed E-state index contributed by atoms with van der Waals surface area (Å²) in [5.41, 5.74) is 0.963. The zero-order chi connectivity index (χ0) is 20.9. The van der Waals surface area contributed by atoms with Crippen LogP contribution in [0, 0.1) is 0 Å². The number of benzene rings is 3. The Morgan fingerprint density at radius 1 is 1.00 bits per heavy atom. The molecule has 154 valence electrons. The third kappa shape index (κ3) is 4.44. The van der Waals surface area contributed by atoms with Crippen molar-refractivity contribution in [2.24, 2.45) is 0 Å². The van der Waals surface area contributed by atoms with E-state index >= 15 is 0 Å². The van der Waals surface area contributed by atoms with Gasteiger partial charge in [-0.3, -0.25) is 4.79 Å². The summed E-state index contributed by atoms with van der Waals surface area (Å²) in [4.78, 5) is 25.6. The normalized spacial score (nSPS) is 19.1. The molecule has 6 heteroatoms. The van der Waals surface area contributed by atoms with Gasteiger partial charge in [0, 0.05) is 12.1 Å². The van der Waals surface area contributed by atoms with Gasteiger partial charge in [-0.15, -0.1) is 0 Å². The predicted molar refractivity (Wildman–Crippen MR) is 115 cm³/mol. The number of amides is 1. The number of ether oxygens (including phenoxy) is 1. The lowest BCUT2D eigenvalue weighted by atomic mass is 10.0. The maximum atomic E-state index is 13.0. The summed E-state index contributed by atoms with van der Waals surface area (Å²) in [6, 6.07) is 19.0. The van der Waals surface area contributed by atoms with Crippen LogP contribution in [0.25, 0.3) is 10.8 Å². The molecule has 1 amide bonds. The Morgan fingerprint density at radius 3 is 2.60 bits per heavy atom. The quantitative estimate of drug-likeness (QED) is 0.581. The molecule has 2 atom stereocenters. The molecule has 30 heavy (non-hydrogen) atoms. The molecule has 3 aromatic carbocycles. The second-order valence-electron chi connectivity index (χ2n) is 7.44. The Hall–Kier alpha value is -3.38. The van der Waals surface area contributed by atoms with Crippen molar-refractivity contribution < 1.29 is 19.4 Å². The molecule has 1 fully saturated rings. The number of fused-ring (bicyclic) bond motifs is 1. The molecule has 6 nitrogen and oxygen atoms in total. The fraction of sp³-hybridized carbons (Fsp3) is 0.250. The molecule has 0 unspecified atom stereocenters. The highest BCUT2D eigenvalue weighted by Crippen LogP contribution is 2.21. The summed E-state index contributed by atoms with van der Waals surface area (Å²) in [7, 11) is 0. The average molecular weight is 404 g/mol. The number of aromatic hydroxyl groups is 1. The van der Waals surface area contributed by atoms with Crippen molar-refractivity contribution in [3.05, 3.63) is 77.9 Å². The predicted octanol–water partition coefficient (Wildman–Crippen LogP) is 3.25. The van der Waals surface area contributed by atoms with Crippen LogP contribution in [0.1, 0.15) is 33.6 Å². The van der Waals surface area contributed by atoms with Gasteiger partial charge in [0.25, 0.3) is 5.91 Å². The van der Waals surface area contributed by atoms with Crippen LogP contribution in [0.2, 0.25) is 0 Å². The van der Waals surface area contributed by atoms with Crippen LogP contribution in [0.4, 0.5) is 0 Å². The van der Waals surface area contributed by atoms with Gasteiger partial charge >= 0.3 is 5.97 Å². The van der Waals surface area contributed by atoms with Crippen LogP contribution in [-0.4, -0.2) is 42.2 Å². The standard InChI is InChI=1S/C24H24N2O4/c27-18-12-10-17(11-13-18)23(28)26-21-15-25-14-4-9-22(21)30-24(29)20-8-3-6-16-5-1-2-7-19(16)20/h1-3,5-8,10-13,21-22,25,27H,4,9,14-15H2,(H,26,28)/t21-,22-/m1/s1. The summed E-state index contributed by atoms with van der Waals surface area (Å²) < 4.78 is 5.90. The minimum Gasteiger partial charge on any atom is -0.508 e. The molecule has 1 heterocycles. The van der Waals surface area contributed by atoms with Gasteiger partial charge in [0.05, 0.1) is 11.6 Å². The number of hydrogen-bond donors (Lipinski definition) is 3. The second-order valence-corrected chi connectivity index (χ2v) is 7.44. The second kappa shape index (κ2) is 8.97. The van der Waals surface area contributed by atoms with Crippen molar-refractivity contribution in [1.29, 1.82) is 0 Å². The van der Waals surface area contributed by atoms with E-state index in [1.807, 2.05) is 36.4 Å². The number of carbonyl (C=O) groups is 2. The Bertz CT molecular complexity index is 1040. The molecule has 1 aliphatic rings. The smallest absolute Gasteiger partial charge is 0.339 e. The summed E-state index contributed by atoms with van der Waals surface area (Å²) in [6.45, 7) is 1.31. The first-order valence-corrected chi connectivity index (χ1v) is 10.1. The summed E-state index contributed by atoms with van der Waals surface area (Å²) >= 11 is 0. The van der Waals surface area contributed by atoms with Crippen LogP contribution in [-0.2, 0) is 4.74 Å². The van der Waals surface area contributed by atoms with Crippen molar-refractivity contribution in [3.63, 3.8) is 0 Å². The van der Waals surface area contributed by atoms with Gasteiger partial charge in [0.1, 0.15) is 11.9 Å². The van der Waals surface area contributed by atoms with Gasteiger partial charge in [-0.05, 0) is 60.5 Å². The maximum absolute atomic E-state index is 13.0. The van der Waals surface area contributed by atoms with Gasteiger partial charge in [0.15, 0.2) is 0 Å². The van der Waals surface area contributed by atoms with Gasteiger partial charge in [0.2, 0.25) is 0 Å². The topological polar surface area (TPSA) is 87.7 Å². The molecule has 1 saturated heterocycles. The molecule has 3 N–H and O–H groups in total. The Kier molecular flexibility index (Phi) is 5.95. The Labute approximate surface area is 174 Å². The number of nitrogens with one attached hydrogen (secondary N) is 2. The number of hydrogen-bond acceptors (Lipinski definition) is 5. The first kappa shape index (κ1) is 19.9. The first-order chi connectivity index (χ1) is 14.6. The van der Waals surface area contributed by atoms with E-state index in [0.29, 0.717) is 24.1 Å². The van der Waals surface area contributed by atoms with Crippen molar-refractivity contribution >= 4 is 22.6 Å². The van der Waals surface area contributed by atoms with E-state index in [2.05, 4.69) is 10.6 Å². The van der Waals surface area contributed by atoms with Crippen LogP contribution >= 0.6 is 0 Å². The average Bonchev–Trinajstić information content (AvgIpc) is 2.98. The lowest BCUT2D eigenvalue weighted by Gasteiger charge is -2.26. The lowest BCUT2D eigenvalue weighted by molar-refractivity contribution is 0.0194. The van der Waals surface area contributed by atoms with E-state index < -0.39 is 6.10 Å². The summed E-state index contributed by atoms with van der Waals surface area (Å²) in [6.07, 6.45) is 1.07. The van der Waals surface area contributed by atoms with E-state index in [1.54, 1.807) is 18.2 Å². The molecule has 0 aromatic heterocycles. The fourth-order valence-corrected chi connectivity index (χ4v) is 3.77. The number of phenols is 1. The monoisotopic (exact) mass is 404 g/mol. The zero-order valence-electron chi connectivity index (χ0n) is 16.5. The number of esters is 1. The Morgan fingerprint density at radius 2 is 1.77 bits per heavy atom. The molecule has 0 saturated carbocycles. The molecule has 1 aliphatic heterocycles. The third-order valence-electron chi connectivity index (χ3n) is 5.37. The van der Waals surface area contributed by atoms with Crippen molar-refractivity contribution in [3.8, 4) is 5.75 Å². The minimum atomic E-state index is -0.437. The third-order valence-corrected chi connectivity index (χ3v) is 5.37. The van der Waals surface area contributed by atoms with E-state index in [0.717, 1.165) is 23.7 Å². The first-order valence-electron chi connectivity index (χ1n) is 10.1. The molecule has 0 spiro atoms. The maximum Gasteiger partial charge on any atom is 0.339 e. The largest absolute Gasteiger partial charge is 0.508 e. The highest BCUT2D eigenvalue weighted by Gasteiger charge is 2.29. The van der Waals surface area contributed by atoms with Gasteiger partial charge < -0.3 is 20.5 Å². The number of rotatable bonds is 4. The molecular weight excluding hydrogens is 380 g/mol. The summed E-state index contributed by atoms with van der Waals surface area (Å²) in [5, 5.41) is 17.5. The van der Waals surface area contributed by atoms with Gasteiger partial charge in [-0.25, -0.2) is 4.79 Å².